The van der Waals surface area contributed by atoms with E-state index >= 15 is 0 Å². The Bertz CT molecular complexity index is 625. The summed E-state index contributed by atoms with van der Waals surface area (Å²) in [6.45, 7) is 1.11. The summed E-state index contributed by atoms with van der Waals surface area (Å²) in [5.41, 5.74) is 3.89. The number of rotatable bonds is 6. The molecule has 1 aliphatic rings. The van der Waals surface area contributed by atoms with Gasteiger partial charge in [-0.15, -0.1) is 0 Å². The quantitative estimate of drug-likeness (QED) is 0.630. The van der Waals surface area contributed by atoms with Crippen molar-refractivity contribution in [1.29, 1.82) is 0 Å². The van der Waals surface area contributed by atoms with Gasteiger partial charge >= 0.3 is 0 Å². The van der Waals surface area contributed by atoms with Crippen molar-refractivity contribution in [1.82, 2.24) is 4.90 Å². The first-order valence-electron chi connectivity index (χ1n) is 9.24. The van der Waals surface area contributed by atoms with Crippen LogP contribution in [0.4, 0.5) is 0 Å². The summed E-state index contributed by atoms with van der Waals surface area (Å²) in [5, 5.41) is 10.6. The summed E-state index contributed by atoms with van der Waals surface area (Å²) >= 11 is 0. The van der Waals surface area contributed by atoms with Gasteiger partial charge in [0, 0.05) is 6.04 Å². The first kappa shape index (κ1) is 17.2. The second kappa shape index (κ2) is 8.46. The van der Waals surface area contributed by atoms with Crippen LogP contribution >= 0.6 is 0 Å². The molecule has 0 aromatic heterocycles. The summed E-state index contributed by atoms with van der Waals surface area (Å²) in [6, 6.07) is 19.6. The highest BCUT2D eigenvalue weighted by Crippen LogP contribution is 2.30. The molecule has 2 nitrogen and oxygen atoms in total. The maximum absolute atomic E-state index is 10.6. The normalized spacial score (nSPS) is 20.6. The minimum absolute atomic E-state index is 0.319. The van der Waals surface area contributed by atoms with Gasteiger partial charge in [-0.2, -0.15) is 0 Å². The summed E-state index contributed by atoms with van der Waals surface area (Å²) in [4.78, 5) is 2.46. The lowest BCUT2D eigenvalue weighted by atomic mass is 10.0. The number of aliphatic hydroxyl groups is 1. The molecule has 128 valence electrons. The van der Waals surface area contributed by atoms with E-state index in [-0.39, 0.29) is 6.10 Å². The van der Waals surface area contributed by atoms with Crippen molar-refractivity contribution in [2.75, 3.05) is 13.6 Å². The smallest absolute Gasteiger partial charge is 0.0807 e. The lowest BCUT2D eigenvalue weighted by Gasteiger charge is -2.28. The summed E-state index contributed by atoms with van der Waals surface area (Å²) in [7, 11) is 2.22. The molecule has 2 unspecified atom stereocenters. The number of hydrogen-bond acceptors (Lipinski definition) is 2. The van der Waals surface area contributed by atoms with Gasteiger partial charge < -0.3 is 10.0 Å². The van der Waals surface area contributed by atoms with Crippen molar-refractivity contribution in [2.24, 2.45) is 0 Å². The summed E-state index contributed by atoms with van der Waals surface area (Å²) in [5.74, 6) is 0. The molecular formula is C22H29NO. The van der Waals surface area contributed by atoms with Crippen molar-refractivity contribution < 1.29 is 5.11 Å². The molecule has 0 heterocycles. The number of fused-ring (bicyclic) bond motifs is 1. The number of benzene rings is 2. The molecule has 0 saturated carbocycles. The van der Waals surface area contributed by atoms with Crippen LogP contribution in [0.15, 0.2) is 54.6 Å². The Kier molecular flexibility index (Phi) is 6.06. The van der Waals surface area contributed by atoms with Crippen LogP contribution < -0.4 is 0 Å². The second-order valence-corrected chi connectivity index (χ2v) is 7.07. The number of unbranched alkanes of at least 4 members (excludes halogenated alkanes) is 1. The fraction of sp³-hybridized carbons (Fsp3) is 0.455. The minimum atomic E-state index is -0.319. The molecule has 0 aliphatic heterocycles. The SMILES string of the molecule is CN(CCCCc1ccccc1)C1CCc2ccccc2C(O)C1. The predicted molar refractivity (Wildman–Crippen MR) is 100 cm³/mol. The molecule has 2 atom stereocenters. The van der Waals surface area contributed by atoms with Crippen molar-refractivity contribution >= 4 is 0 Å². The zero-order valence-corrected chi connectivity index (χ0v) is 14.7. The number of aryl methyl sites for hydroxylation is 2. The van der Waals surface area contributed by atoms with E-state index in [1.807, 2.05) is 6.07 Å². The molecule has 1 aliphatic carbocycles. The van der Waals surface area contributed by atoms with Gasteiger partial charge in [0.05, 0.1) is 6.10 Å². The van der Waals surface area contributed by atoms with Gasteiger partial charge in [-0.1, -0.05) is 54.6 Å². The molecule has 0 saturated heterocycles. The Morgan fingerprint density at radius 2 is 1.75 bits per heavy atom. The van der Waals surface area contributed by atoms with Crippen molar-refractivity contribution in [3.8, 4) is 0 Å². The van der Waals surface area contributed by atoms with E-state index in [0.717, 1.165) is 37.8 Å². The van der Waals surface area contributed by atoms with Crippen molar-refractivity contribution in [2.45, 2.75) is 50.7 Å². The molecule has 1 N–H and O–H groups in total. The lowest BCUT2D eigenvalue weighted by molar-refractivity contribution is 0.115. The molecule has 0 radical (unpaired) electrons. The third kappa shape index (κ3) is 4.46. The highest BCUT2D eigenvalue weighted by molar-refractivity contribution is 5.30. The van der Waals surface area contributed by atoms with E-state index in [4.69, 9.17) is 0 Å². The Morgan fingerprint density at radius 3 is 2.58 bits per heavy atom. The van der Waals surface area contributed by atoms with E-state index in [0.29, 0.717) is 6.04 Å². The zero-order chi connectivity index (χ0) is 16.8. The van der Waals surface area contributed by atoms with Crippen molar-refractivity contribution in [3.05, 3.63) is 71.3 Å². The van der Waals surface area contributed by atoms with Crippen LogP contribution in [-0.4, -0.2) is 29.6 Å². The van der Waals surface area contributed by atoms with Crippen LogP contribution in [0, 0.1) is 0 Å². The van der Waals surface area contributed by atoms with Gasteiger partial charge in [0.1, 0.15) is 0 Å². The number of aliphatic hydroxyl groups excluding tert-OH is 1. The van der Waals surface area contributed by atoms with E-state index in [2.05, 4.69) is 60.5 Å². The molecule has 0 bridgehead atoms. The lowest BCUT2D eigenvalue weighted by Crippen LogP contribution is -2.33. The Hall–Kier alpha value is -1.64. The highest BCUT2D eigenvalue weighted by Gasteiger charge is 2.24. The van der Waals surface area contributed by atoms with Gasteiger partial charge in [0.15, 0.2) is 0 Å². The predicted octanol–water partition coefficient (Wildman–Crippen LogP) is 4.38. The third-order valence-corrected chi connectivity index (χ3v) is 5.35. The molecule has 0 spiro atoms. The first-order chi connectivity index (χ1) is 11.7. The van der Waals surface area contributed by atoms with E-state index < -0.39 is 0 Å². The fourth-order valence-electron chi connectivity index (χ4n) is 3.83. The number of hydrogen-bond donors (Lipinski definition) is 1. The molecule has 2 aromatic rings. The highest BCUT2D eigenvalue weighted by atomic mass is 16.3. The molecule has 2 aromatic carbocycles. The Balaban J connectivity index is 1.46. The number of nitrogens with zero attached hydrogens (tertiary/aromatic N) is 1. The zero-order valence-electron chi connectivity index (χ0n) is 14.7. The van der Waals surface area contributed by atoms with Crippen LogP contribution in [0.25, 0.3) is 0 Å². The van der Waals surface area contributed by atoms with Gasteiger partial charge in [-0.25, -0.2) is 0 Å². The molecule has 0 amide bonds. The van der Waals surface area contributed by atoms with Crippen LogP contribution in [0.5, 0.6) is 0 Å². The van der Waals surface area contributed by atoms with E-state index in [1.165, 1.54) is 24.0 Å². The monoisotopic (exact) mass is 323 g/mol. The fourth-order valence-corrected chi connectivity index (χ4v) is 3.83. The Morgan fingerprint density at radius 1 is 1.00 bits per heavy atom. The Labute approximate surface area is 146 Å². The standard InChI is InChI=1S/C22H29NO/c1-23(16-8-7-11-18-9-3-2-4-10-18)20-15-14-19-12-5-6-13-21(19)22(24)17-20/h2-6,9-10,12-13,20,22,24H,7-8,11,14-17H2,1H3. The summed E-state index contributed by atoms with van der Waals surface area (Å²) < 4.78 is 0. The molecule has 0 fully saturated rings. The third-order valence-electron chi connectivity index (χ3n) is 5.35. The maximum Gasteiger partial charge on any atom is 0.0807 e. The van der Waals surface area contributed by atoms with Gasteiger partial charge in [0.2, 0.25) is 0 Å². The second-order valence-electron chi connectivity index (χ2n) is 7.07. The van der Waals surface area contributed by atoms with Gasteiger partial charge in [-0.05, 0) is 68.8 Å². The average Bonchev–Trinajstić information content (AvgIpc) is 2.79. The van der Waals surface area contributed by atoms with Crippen LogP contribution in [-0.2, 0) is 12.8 Å². The first-order valence-corrected chi connectivity index (χ1v) is 9.24. The van der Waals surface area contributed by atoms with Crippen LogP contribution in [0.3, 0.4) is 0 Å². The van der Waals surface area contributed by atoms with Crippen LogP contribution in [0.2, 0.25) is 0 Å². The van der Waals surface area contributed by atoms with E-state index in [1.54, 1.807) is 0 Å². The summed E-state index contributed by atoms with van der Waals surface area (Å²) in [6.07, 6.45) is 6.35. The topological polar surface area (TPSA) is 23.5 Å². The average molecular weight is 323 g/mol. The molecular weight excluding hydrogens is 294 g/mol. The van der Waals surface area contributed by atoms with Crippen molar-refractivity contribution in [3.63, 3.8) is 0 Å². The van der Waals surface area contributed by atoms with Crippen LogP contribution in [0.1, 0.15) is 48.5 Å². The van der Waals surface area contributed by atoms with Gasteiger partial charge in [-0.3, -0.25) is 0 Å². The minimum Gasteiger partial charge on any atom is -0.388 e. The largest absolute Gasteiger partial charge is 0.388 e. The van der Waals surface area contributed by atoms with E-state index in [9.17, 15) is 5.11 Å². The molecule has 2 heteroatoms. The maximum atomic E-state index is 10.6. The molecule has 24 heavy (non-hydrogen) atoms. The van der Waals surface area contributed by atoms with Gasteiger partial charge in [0.25, 0.3) is 0 Å². The molecule has 3 rings (SSSR count).